The van der Waals surface area contributed by atoms with Crippen molar-refractivity contribution >= 4 is 34.5 Å². The monoisotopic (exact) mass is 331 g/mol. The molecule has 0 aliphatic carbocycles. The number of thiophene rings is 1. The highest BCUT2D eigenvalue weighted by Crippen LogP contribution is 2.21. The second-order valence-corrected chi connectivity index (χ2v) is 5.82. The number of thiocarbonyl (C=S) groups is 1. The van der Waals surface area contributed by atoms with Crippen molar-refractivity contribution < 1.29 is 4.52 Å². The van der Waals surface area contributed by atoms with Gasteiger partial charge in [-0.15, -0.1) is 11.3 Å². The average molecular weight is 331 g/mol. The maximum atomic E-state index is 5.21. The van der Waals surface area contributed by atoms with E-state index >= 15 is 0 Å². The molecule has 3 aromatic rings. The highest BCUT2D eigenvalue weighted by molar-refractivity contribution is 7.80. The summed E-state index contributed by atoms with van der Waals surface area (Å²) in [5.74, 6) is 1.76. The molecule has 0 amide bonds. The standard InChI is InChI=1S/C14H13N5OS2/c1-9-4-2-6-11(16-9)17-14(21)15-8-12-18-13(19-20-12)10-5-3-7-22-10/h2-7H,8H2,1H3,(H2,15,16,17,21). The molecule has 3 heterocycles. The predicted octanol–water partition coefficient (Wildman–Crippen LogP) is 2.99. The Kier molecular flexibility index (Phi) is 4.40. The molecule has 0 unspecified atom stereocenters. The van der Waals surface area contributed by atoms with Gasteiger partial charge in [-0.2, -0.15) is 4.98 Å². The Bertz CT molecular complexity index is 769. The van der Waals surface area contributed by atoms with Gasteiger partial charge in [-0.25, -0.2) is 4.98 Å². The lowest BCUT2D eigenvalue weighted by molar-refractivity contribution is 0.376. The minimum Gasteiger partial charge on any atom is -0.353 e. The quantitative estimate of drug-likeness (QED) is 0.712. The second kappa shape index (κ2) is 6.63. The van der Waals surface area contributed by atoms with Gasteiger partial charge in [0.1, 0.15) is 5.82 Å². The molecule has 3 rings (SSSR count). The summed E-state index contributed by atoms with van der Waals surface area (Å²) in [6.45, 7) is 2.28. The first kappa shape index (κ1) is 14.6. The smallest absolute Gasteiger partial charge is 0.246 e. The van der Waals surface area contributed by atoms with E-state index in [4.69, 9.17) is 16.7 Å². The van der Waals surface area contributed by atoms with Gasteiger partial charge in [0.25, 0.3) is 0 Å². The Morgan fingerprint density at radius 3 is 2.95 bits per heavy atom. The fraction of sp³-hybridized carbons (Fsp3) is 0.143. The molecular formula is C14H13N5OS2. The summed E-state index contributed by atoms with van der Waals surface area (Å²) in [5.41, 5.74) is 0.922. The van der Waals surface area contributed by atoms with Crippen LogP contribution in [-0.2, 0) is 6.54 Å². The summed E-state index contributed by atoms with van der Waals surface area (Å²) < 4.78 is 5.19. The van der Waals surface area contributed by atoms with Crippen molar-refractivity contribution in [1.29, 1.82) is 0 Å². The van der Waals surface area contributed by atoms with E-state index < -0.39 is 0 Å². The third-order valence-electron chi connectivity index (χ3n) is 2.74. The van der Waals surface area contributed by atoms with Crippen LogP contribution in [0.5, 0.6) is 0 Å². The van der Waals surface area contributed by atoms with E-state index in [1.807, 2.05) is 42.6 Å². The summed E-state index contributed by atoms with van der Waals surface area (Å²) in [4.78, 5) is 9.60. The maximum Gasteiger partial charge on any atom is 0.246 e. The number of aryl methyl sites for hydroxylation is 1. The highest BCUT2D eigenvalue weighted by Gasteiger charge is 2.09. The lowest BCUT2D eigenvalue weighted by Crippen LogP contribution is -2.28. The van der Waals surface area contributed by atoms with Gasteiger partial charge < -0.3 is 15.2 Å². The summed E-state index contributed by atoms with van der Waals surface area (Å²) >= 11 is 6.78. The molecule has 0 aromatic carbocycles. The van der Waals surface area contributed by atoms with Crippen LogP contribution in [0.15, 0.2) is 40.2 Å². The van der Waals surface area contributed by atoms with Gasteiger partial charge in [0.2, 0.25) is 11.7 Å². The molecule has 0 atom stereocenters. The van der Waals surface area contributed by atoms with Crippen LogP contribution in [0, 0.1) is 6.92 Å². The first-order valence-corrected chi connectivity index (χ1v) is 7.84. The summed E-state index contributed by atoms with van der Waals surface area (Å²) in [5, 5.41) is 12.4. The van der Waals surface area contributed by atoms with Crippen LogP contribution >= 0.6 is 23.6 Å². The molecule has 0 fully saturated rings. The molecule has 0 saturated carbocycles. The zero-order valence-electron chi connectivity index (χ0n) is 11.7. The largest absolute Gasteiger partial charge is 0.353 e. The summed E-state index contributed by atoms with van der Waals surface area (Å²) in [6.07, 6.45) is 0. The first-order chi connectivity index (χ1) is 10.7. The van der Waals surface area contributed by atoms with Crippen LogP contribution in [0.2, 0.25) is 0 Å². The van der Waals surface area contributed by atoms with Gasteiger partial charge in [0.05, 0.1) is 11.4 Å². The third-order valence-corrected chi connectivity index (χ3v) is 3.85. The number of hydrogen-bond acceptors (Lipinski definition) is 6. The Morgan fingerprint density at radius 2 is 2.18 bits per heavy atom. The molecular weight excluding hydrogens is 318 g/mol. The van der Waals surface area contributed by atoms with Gasteiger partial charge in [-0.1, -0.05) is 17.3 Å². The Hall–Kier alpha value is -2.32. The van der Waals surface area contributed by atoms with Crippen LogP contribution < -0.4 is 10.6 Å². The van der Waals surface area contributed by atoms with Crippen molar-refractivity contribution in [3.8, 4) is 10.7 Å². The molecule has 8 heteroatoms. The zero-order valence-corrected chi connectivity index (χ0v) is 13.4. The molecule has 0 spiro atoms. The van der Waals surface area contributed by atoms with Gasteiger partial charge in [0.15, 0.2) is 5.11 Å². The molecule has 2 N–H and O–H groups in total. The summed E-state index contributed by atoms with van der Waals surface area (Å²) in [6, 6.07) is 9.58. The van der Waals surface area contributed by atoms with Crippen molar-refractivity contribution in [3.05, 3.63) is 47.3 Å². The van der Waals surface area contributed by atoms with Crippen LogP contribution in [0.1, 0.15) is 11.6 Å². The minimum absolute atomic E-state index is 0.357. The van der Waals surface area contributed by atoms with Gasteiger partial charge >= 0.3 is 0 Å². The van der Waals surface area contributed by atoms with Crippen LogP contribution in [-0.4, -0.2) is 20.2 Å². The van der Waals surface area contributed by atoms with Crippen LogP contribution in [0.4, 0.5) is 5.82 Å². The zero-order chi connectivity index (χ0) is 15.4. The van der Waals surface area contributed by atoms with E-state index in [1.54, 1.807) is 11.3 Å². The number of aromatic nitrogens is 3. The topological polar surface area (TPSA) is 75.9 Å². The number of rotatable bonds is 4. The van der Waals surface area contributed by atoms with E-state index in [-0.39, 0.29) is 0 Å². The number of nitrogens with one attached hydrogen (secondary N) is 2. The lowest BCUT2D eigenvalue weighted by atomic mass is 10.4. The van der Waals surface area contributed by atoms with E-state index in [2.05, 4.69) is 25.8 Å². The molecule has 0 saturated heterocycles. The third kappa shape index (κ3) is 3.66. The fourth-order valence-electron chi connectivity index (χ4n) is 1.76. The molecule has 0 aliphatic rings. The molecule has 112 valence electrons. The van der Waals surface area contributed by atoms with E-state index in [0.29, 0.717) is 29.2 Å². The molecule has 6 nitrogen and oxygen atoms in total. The SMILES string of the molecule is Cc1cccc(NC(=S)NCc2nc(-c3cccs3)no2)n1. The lowest BCUT2D eigenvalue weighted by Gasteiger charge is -2.08. The van der Waals surface area contributed by atoms with Gasteiger partial charge in [0, 0.05) is 5.69 Å². The number of hydrogen-bond donors (Lipinski definition) is 2. The van der Waals surface area contributed by atoms with Crippen molar-refractivity contribution in [1.82, 2.24) is 20.4 Å². The Labute approximate surface area is 136 Å². The molecule has 0 radical (unpaired) electrons. The maximum absolute atomic E-state index is 5.21. The van der Waals surface area contributed by atoms with Crippen molar-refractivity contribution in [3.63, 3.8) is 0 Å². The van der Waals surface area contributed by atoms with Crippen LogP contribution in [0.25, 0.3) is 10.7 Å². The Morgan fingerprint density at radius 1 is 1.27 bits per heavy atom. The van der Waals surface area contributed by atoms with Crippen molar-refractivity contribution in [2.75, 3.05) is 5.32 Å². The summed E-state index contributed by atoms with van der Waals surface area (Å²) in [7, 11) is 0. The Balaban J connectivity index is 1.55. The van der Waals surface area contributed by atoms with Gasteiger partial charge in [-0.05, 0) is 42.7 Å². The normalized spacial score (nSPS) is 10.4. The fourth-order valence-corrected chi connectivity index (χ4v) is 2.59. The highest BCUT2D eigenvalue weighted by atomic mass is 32.1. The number of nitrogens with zero attached hydrogens (tertiary/aromatic N) is 3. The average Bonchev–Trinajstić information content (AvgIpc) is 3.16. The first-order valence-electron chi connectivity index (χ1n) is 6.56. The molecule has 3 aromatic heterocycles. The molecule has 0 bridgehead atoms. The van der Waals surface area contributed by atoms with E-state index in [9.17, 15) is 0 Å². The second-order valence-electron chi connectivity index (χ2n) is 4.46. The minimum atomic E-state index is 0.357. The van der Waals surface area contributed by atoms with E-state index in [1.165, 1.54) is 0 Å². The molecule has 22 heavy (non-hydrogen) atoms. The number of anilines is 1. The molecule has 0 aliphatic heterocycles. The predicted molar refractivity (Wildman–Crippen MR) is 89.6 cm³/mol. The van der Waals surface area contributed by atoms with Crippen molar-refractivity contribution in [2.45, 2.75) is 13.5 Å². The van der Waals surface area contributed by atoms with Crippen molar-refractivity contribution in [2.24, 2.45) is 0 Å². The van der Waals surface area contributed by atoms with Crippen LogP contribution in [0.3, 0.4) is 0 Å². The van der Waals surface area contributed by atoms with E-state index in [0.717, 1.165) is 10.6 Å². The number of pyridine rings is 1. The van der Waals surface area contributed by atoms with Gasteiger partial charge in [-0.3, -0.25) is 0 Å².